The molecule has 0 bridgehead atoms. The first-order valence-electron chi connectivity index (χ1n) is 12.1. The molecule has 0 N–H and O–H groups in total. The average Bonchev–Trinajstić information content (AvgIpc) is 3.65. The van der Waals surface area contributed by atoms with Crippen LogP contribution in [0, 0.1) is 0 Å². The van der Waals surface area contributed by atoms with E-state index in [4.69, 9.17) is 0 Å². The maximum Gasteiger partial charge on any atom is 0.160 e. The van der Waals surface area contributed by atoms with Gasteiger partial charge >= 0.3 is 0 Å². The Bertz CT molecular complexity index is 1360. The lowest BCUT2D eigenvalue weighted by Gasteiger charge is -2.04. The van der Waals surface area contributed by atoms with Crippen LogP contribution in [-0.2, 0) is 25.7 Å². The van der Waals surface area contributed by atoms with Crippen molar-refractivity contribution in [3.63, 3.8) is 0 Å². The van der Waals surface area contributed by atoms with Gasteiger partial charge in [-0.3, -0.25) is 4.79 Å². The van der Waals surface area contributed by atoms with Crippen molar-refractivity contribution in [1.82, 2.24) is 0 Å². The predicted octanol–water partition coefficient (Wildman–Crippen LogP) is 9.37. The van der Waals surface area contributed by atoms with Crippen molar-refractivity contribution in [1.29, 1.82) is 0 Å². The summed E-state index contributed by atoms with van der Waals surface area (Å²) >= 11 is 5.33. The van der Waals surface area contributed by atoms with E-state index in [2.05, 4.69) is 90.3 Å². The first-order chi connectivity index (χ1) is 17.3. The molecule has 0 spiro atoms. The lowest BCUT2D eigenvalue weighted by Crippen LogP contribution is -1.90. The highest BCUT2D eigenvalue weighted by Gasteiger charge is 2.16. The summed E-state index contributed by atoms with van der Waals surface area (Å²) in [6, 6.07) is 30.3. The number of thiophene rings is 3. The van der Waals surface area contributed by atoms with Gasteiger partial charge in [-0.15, -0.1) is 34.0 Å². The molecule has 4 heteroatoms. The summed E-state index contributed by atoms with van der Waals surface area (Å²) in [7, 11) is 0. The lowest BCUT2D eigenvalue weighted by atomic mass is 10.0. The number of benzene rings is 2. The summed E-state index contributed by atoms with van der Waals surface area (Å²) < 4.78 is 0. The van der Waals surface area contributed by atoms with E-state index in [-0.39, 0.29) is 0 Å². The molecule has 5 rings (SSSR count). The molecule has 5 aromatic rings. The van der Waals surface area contributed by atoms with Crippen molar-refractivity contribution >= 4 is 40.3 Å². The molecule has 0 fully saturated rings. The lowest BCUT2D eigenvalue weighted by molar-refractivity contribution is 0.112. The van der Waals surface area contributed by atoms with Crippen LogP contribution in [0.25, 0.3) is 19.5 Å². The standard InChI is InChI=1S/C31H28OS3/c32-22-27-21-26(16-8-14-24-11-5-2-6-12-24)31(34-27)29-18-17-28(35-29)30-25(19-20-33-30)15-7-13-23-9-3-1-4-10-23/h1-6,9-12,17-22H,7-8,13-16H2. The Morgan fingerprint density at radius 2 is 1.20 bits per heavy atom. The Kier molecular flexibility index (Phi) is 8.04. The number of aldehydes is 1. The molecular formula is C31H28OS3. The van der Waals surface area contributed by atoms with Crippen molar-refractivity contribution in [2.45, 2.75) is 38.5 Å². The molecule has 3 heterocycles. The number of hydrogen-bond acceptors (Lipinski definition) is 4. The second-order valence-corrected chi connectivity index (χ2v) is 11.8. The Morgan fingerprint density at radius 3 is 1.83 bits per heavy atom. The topological polar surface area (TPSA) is 17.1 Å². The Balaban J connectivity index is 1.28. The van der Waals surface area contributed by atoms with Gasteiger partial charge in [0.05, 0.1) is 4.88 Å². The van der Waals surface area contributed by atoms with Gasteiger partial charge in [-0.25, -0.2) is 0 Å². The minimum Gasteiger partial charge on any atom is -0.297 e. The molecule has 0 aliphatic rings. The SMILES string of the molecule is O=Cc1cc(CCCc2ccccc2)c(-c2ccc(-c3sccc3CCCc3ccccc3)s2)s1. The smallest absolute Gasteiger partial charge is 0.160 e. The van der Waals surface area contributed by atoms with E-state index >= 15 is 0 Å². The zero-order valence-corrected chi connectivity index (χ0v) is 22.1. The number of carbonyl (C=O) groups is 1. The van der Waals surface area contributed by atoms with E-state index in [1.54, 1.807) is 11.3 Å². The third-order valence-corrected chi connectivity index (χ3v) is 9.76. The van der Waals surface area contributed by atoms with Crippen LogP contribution < -0.4 is 0 Å². The van der Waals surface area contributed by atoms with Gasteiger partial charge in [0.15, 0.2) is 6.29 Å². The summed E-state index contributed by atoms with van der Waals surface area (Å²) in [4.78, 5) is 17.6. The van der Waals surface area contributed by atoms with Crippen molar-refractivity contribution in [2.75, 3.05) is 0 Å². The minimum absolute atomic E-state index is 0.822. The Morgan fingerprint density at radius 1 is 0.600 bits per heavy atom. The van der Waals surface area contributed by atoms with Crippen molar-refractivity contribution < 1.29 is 4.79 Å². The van der Waals surface area contributed by atoms with Crippen LogP contribution in [-0.4, -0.2) is 6.29 Å². The molecule has 2 aromatic carbocycles. The first kappa shape index (κ1) is 23.9. The highest BCUT2D eigenvalue weighted by molar-refractivity contribution is 7.26. The molecular weight excluding hydrogens is 485 g/mol. The number of rotatable bonds is 11. The Labute approximate surface area is 219 Å². The van der Waals surface area contributed by atoms with E-state index in [1.165, 1.54) is 41.8 Å². The van der Waals surface area contributed by atoms with Crippen molar-refractivity contribution in [2.24, 2.45) is 0 Å². The predicted molar refractivity (Wildman–Crippen MR) is 153 cm³/mol. The van der Waals surface area contributed by atoms with Crippen LogP contribution in [0.15, 0.2) is 90.3 Å². The highest BCUT2D eigenvalue weighted by atomic mass is 32.1. The molecule has 0 saturated carbocycles. The number of carbonyl (C=O) groups excluding carboxylic acids is 1. The van der Waals surface area contributed by atoms with E-state index < -0.39 is 0 Å². The first-order valence-corrected chi connectivity index (χ1v) is 14.6. The molecule has 0 unspecified atom stereocenters. The maximum absolute atomic E-state index is 11.6. The molecule has 1 nitrogen and oxygen atoms in total. The second-order valence-electron chi connectivity index (χ2n) is 8.74. The number of aryl methyl sites for hydroxylation is 4. The molecule has 176 valence electrons. The summed E-state index contributed by atoms with van der Waals surface area (Å²) in [5.41, 5.74) is 5.53. The van der Waals surface area contributed by atoms with E-state index in [1.807, 2.05) is 22.7 Å². The zero-order valence-electron chi connectivity index (χ0n) is 19.6. The van der Waals surface area contributed by atoms with Gasteiger partial charge in [0.25, 0.3) is 0 Å². The minimum atomic E-state index is 0.822. The fourth-order valence-corrected chi connectivity index (χ4v) is 7.78. The van der Waals surface area contributed by atoms with E-state index in [9.17, 15) is 4.79 Å². The van der Waals surface area contributed by atoms with Gasteiger partial charge in [-0.1, -0.05) is 60.7 Å². The molecule has 0 aliphatic carbocycles. The van der Waals surface area contributed by atoms with Gasteiger partial charge in [0, 0.05) is 19.5 Å². The molecule has 0 atom stereocenters. The molecule has 0 radical (unpaired) electrons. The van der Waals surface area contributed by atoms with E-state index in [0.717, 1.165) is 49.7 Å². The summed E-state index contributed by atoms with van der Waals surface area (Å²) in [6.45, 7) is 0. The van der Waals surface area contributed by atoms with Gasteiger partial charge in [-0.05, 0) is 90.4 Å². The van der Waals surface area contributed by atoms with Crippen LogP contribution in [0.3, 0.4) is 0 Å². The fraction of sp³-hybridized carbons (Fsp3) is 0.194. The quantitative estimate of drug-likeness (QED) is 0.161. The van der Waals surface area contributed by atoms with Crippen LogP contribution >= 0.6 is 34.0 Å². The summed E-state index contributed by atoms with van der Waals surface area (Å²) in [6.07, 6.45) is 7.50. The third kappa shape index (κ3) is 6.07. The van der Waals surface area contributed by atoms with Crippen molar-refractivity contribution in [3.8, 4) is 19.5 Å². The fourth-order valence-electron chi connectivity index (χ4n) is 4.49. The molecule has 0 saturated heterocycles. The zero-order chi connectivity index (χ0) is 23.9. The van der Waals surface area contributed by atoms with E-state index in [0.29, 0.717) is 0 Å². The highest BCUT2D eigenvalue weighted by Crippen LogP contribution is 2.42. The van der Waals surface area contributed by atoms with Gasteiger partial charge in [0.1, 0.15) is 0 Å². The Hall–Kier alpha value is -2.79. The third-order valence-electron chi connectivity index (χ3n) is 6.25. The molecule has 0 amide bonds. The summed E-state index contributed by atoms with van der Waals surface area (Å²) in [5, 5.41) is 2.22. The molecule has 3 aromatic heterocycles. The number of hydrogen-bond donors (Lipinski definition) is 0. The van der Waals surface area contributed by atoms with Gasteiger partial charge in [-0.2, -0.15) is 0 Å². The molecule has 35 heavy (non-hydrogen) atoms. The van der Waals surface area contributed by atoms with Crippen LogP contribution in [0.2, 0.25) is 0 Å². The van der Waals surface area contributed by atoms with Gasteiger partial charge < -0.3 is 0 Å². The summed E-state index contributed by atoms with van der Waals surface area (Å²) in [5.74, 6) is 0. The monoisotopic (exact) mass is 512 g/mol. The van der Waals surface area contributed by atoms with Crippen molar-refractivity contribution in [3.05, 3.63) is 117 Å². The van der Waals surface area contributed by atoms with Crippen LogP contribution in [0.4, 0.5) is 0 Å². The normalized spacial score (nSPS) is 11.1. The second kappa shape index (κ2) is 11.8. The average molecular weight is 513 g/mol. The largest absolute Gasteiger partial charge is 0.297 e. The van der Waals surface area contributed by atoms with Crippen LogP contribution in [0.5, 0.6) is 0 Å². The molecule has 0 aliphatic heterocycles. The maximum atomic E-state index is 11.6. The van der Waals surface area contributed by atoms with Gasteiger partial charge in [0.2, 0.25) is 0 Å². The van der Waals surface area contributed by atoms with Crippen LogP contribution in [0.1, 0.15) is 44.8 Å².